The zero-order valence-corrected chi connectivity index (χ0v) is 10.00. The van der Waals surface area contributed by atoms with Crippen LogP contribution in [0, 0.1) is 11.6 Å². The van der Waals surface area contributed by atoms with E-state index in [1.54, 1.807) is 0 Å². The molecule has 1 aromatic carbocycles. The van der Waals surface area contributed by atoms with Gasteiger partial charge in [0.2, 0.25) is 0 Å². The Morgan fingerprint density at radius 1 is 1.40 bits per heavy atom. The van der Waals surface area contributed by atoms with Gasteiger partial charge in [-0.25, -0.2) is 8.78 Å². The Kier molecular flexibility index (Phi) is 2.81. The third-order valence-electron chi connectivity index (χ3n) is 2.96. The highest BCUT2D eigenvalue weighted by Crippen LogP contribution is 2.36. The van der Waals surface area contributed by atoms with Crippen molar-refractivity contribution in [3.63, 3.8) is 0 Å². The van der Waals surface area contributed by atoms with Crippen molar-refractivity contribution in [1.29, 1.82) is 0 Å². The van der Waals surface area contributed by atoms with E-state index in [2.05, 4.69) is 21.2 Å². The second-order valence-electron chi connectivity index (χ2n) is 4.11. The Labute approximate surface area is 96.0 Å². The monoisotopic (exact) mass is 275 g/mol. The van der Waals surface area contributed by atoms with Crippen LogP contribution in [0.4, 0.5) is 8.78 Å². The van der Waals surface area contributed by atoms with Crippen molar-refractivity contribution in [3.8, 4) is 0 Å². The molecule has 0 bridgehead atoms. The van der Waals surface area contributed by atoms with Gasteiger partial charge in [0.25, 0.3) is 0 Å². The molecule has 1 unspecified atom stereocenters. The molecule has 1 nitrogen and oxygen atoms in total. The van der Waals surface area contributed by atoms with Crippen LogP contribution in [0.3, 0.4) is 0 Å². The minimum Gasteiger partial charge on any atom is -0.308 e. The highest BCUT2D eigenvalue weighted by molar-refractivity contribution is 9.10. The zero-order valence-electron chi connectivity index (χ0n) is 8.41. The van der Waals surface area contributed by atoms with E-state index < -0.39 is 11.6 Å². The molecule has 1 aromatic rings. The van der Waals surface area contributed by atoms with Gasteiger partial charge in [-0.1, -0.05) is 0 Å². The van der Waals surface area contributed by atoms with E-state index >= 15 is 0 Å². The first-order valence-corrected chi connectivity index (χ1v) is 5.72. The summed E-state index contributed by atoms with van der Waals surface area (Å²) in [5.41, 5.74) is 0.347. The lowest BCUT2D eigenvalue weighted by Crippen LogP contribution is -2.33. The van der Waals surface area contributed by atoms with Gasteiger partial charge in [-0.15, -0.1) is 0 Å². The molecule has 0 radical (unpaired) electrons. The second-order valence-corrected chi connectivity index (χ2v) is 4.90. The average Bonchev–Trinajstić information content (AvgIpc) is 2.59. The SMILES string of the molecule is CC1(c2cc(F)cc(F)c2Br)CCCN1. The van der Waals surface area contributed by atoms with Crippen molar-refractivity contribution >= 4 is 15.9 Å². The molecule has 1 aliphatic rings. The Hall–Kier alpha value is -0.480. The topological polar surface area (TPSA) is 12.0 Å². The van der Waals surface area contributed by atoms with Crippen LogP contribution in [-0.2, 0) is 5.54 Å². The summed E-state index contributed by atoms with van der Waals surface area (Å²) in [6.45, 7) is 2.86. The summed E-state index contributed by atoms with van der Waals surface area (Å²) in [7, 11) is 0. The van der Waals surface area contributed by atoms with E-state index in [0.29, 0.717) is 10.0 Å². The molecule has 1 aliphatic heterocycles. The molecule has 0 aromatic heterocycles. The summed E-state index contributed by atoms with van der Waals surface area (Å²) in [5, 5.41) is 3.28. The third-order valence-corrected chi connectivity index (χ3v) is 3.76. The van der Waals surface area contributed by atoms with E-state index in [1.807, 2.05) is 6.92 Å². The van der Waals surface area contributed by atoms with Crippen LogP contribution >= 0.6 is 15.9 Å². The summed E-state index contributed by atoms with van der Waals surface area (Å²) in [6, 6.07) is 2.29. The van der Waals surface area contributed by atoms with Crippen molar-refractivity contribution in [1.82, 2.24) is 5.32 Å². The van der Waals surface area contributed by atoms with Crippen LogP contribution in [0.15, 0.2) is 16.6 Å². The minimum atomic E-state index is -0.542. The smallest absolute Gasteiger partial charge is 0.140 e. The quantitative estimate of drug-likeness (QED) is 0.776. The lowest BCUT2D eigenvalue weighted by molar-refractivity contribution is 0.424. The fourth-order valence-corrected chi connectivity index (χ4v) is 2.75. The van der Waals surface area contributed by atoms with Gasteiger partial charge in [0.05, 0.1) is 4.47 Å². The Morgan fingerprint density at radius 2 is 2.13 bits per heavy atom. The van der Waals surface area contributed by atoms with Crippen molar-refractivity contribution < 1.29 is 8.78 Å². The van der Waals surface area contributed by atoms with Gasteiger partial charge < -0.3 is 5.32 Å². The molecular weight excluding hydrogens is 264 g/mol. The van der Waals surface area contributed by atoms with E-state index in [4.69, 9.17) is 0 Å². The number of hydrogen-bond acceptors (Lipinski definition) is 1. The van der Waals surface area contributed by atoms with Crippen LogP contribution < -0.4 is 5.32 Å². The first kappa shape index (κ1) is 11.0. The van der Waals surface area contributed by atoms with Gasteiger partial charge in [0.1, 0.15) is 11.6 Å². The van der Waals surface area contributed by atoms with Gasteiger partial charge in [0.15, 0.2) is 0 Å². The van der Waals surface area contributed by atoms with Crippen LogP contribution in [0.2, 0.25) is 0 Å². The highest BCUT2D eigenvalue weighted by atomic mass is 79.9. The summed E-state index contributed by atoms with van der Waals surface area (Å²) >= 11 is 3.18. The number of nitrogens with one attached hydrogen (secondary N) is 1. The summed E-state index contributed by atoms with van der Waals surface area (Å²) < 4.78 is 26.9. The molecule has 0 amide bonds. The van der Waals surface area contributed by atoms with E-state index in [1.165, 1.54) is 6.07 Å². The van der Waals surface area contributed by atoms with Crippen LogP contribution in [0.1, 0.15) is 25.3 Å². The van der Waals surface area contributed by atoms with Gasteiger partial charge in [0, 0.05) is 11.6 Å². The van der Waals surface area contributed by atoms with Gasteiger partial charge >= 0.3 is 0 Å². The molecule has 1 fully saturated rings. The molecule has 2 rings (SSSR count). The molecule has 1 atom stereocenters. The van der Waals surface area contributed by atoms with Crippen molar-refractivity contribution in [2.45, 2.75) is 25.3 Å². The second kappa shape index (κ2) is 3.83. The predicted octanol–water partition coefficient (Wildman–Crippen LogP) is 3.33. The van der Waals surface area contributed by atoms with Gasteiger partial charge in [-0.3, -0.25) is 0 Å². The molecule has 1 heterocycles. The fraction of sp³-hybridized carbons (Fsp3) is 0.455. The Balaban J connectivity index is 2.51. The Bertz CT molecular complexity index is 386. The number of rotatable bonds is 1. The molecule has 0 saturated carbocycles. The lowest BCUT2D eigenvalue weighted by atomic mass is 9.90. The summed E-state index contributed by atoms with van der Waals surface area (Å²) in [4.78, 5) is 0. The van der Waals surface area contributed by atoms with Crippen molar-refractivity contribution in [2.75, 3.05) is 6.54 Å². The van der Waals surface area contributed by atoms with Crippen LogP contribution in [0.5, 0.6) is 0 Å². The van der Waals surface area contributed by atoms with Crippen LogP contribution in [-0.4, -0.2) is 6.54 Å². The largest absolute Gasteiger partial charge is 0.308 e. The van der Waals surface area contributed by atoms with E-state index in [0.717, 1.165) is 25.5 Å². The number of halogens is 3. The maximum atomic E-state index is 13.3. The molecule has 1 N–H and O–H groups in total. The summed E-state index contributed by atoms with van der Waals surface area (Å²) in [6.07, 6.45) is 1.93. The molecular formula is C11H12BrF2N. The molecule has 82 valence electrons. The minimum absolute atomic E-state index is 0.318. The molecule has 1 saturated heterocycles. The predicted molar refractivity (Wildman–Crippen MR) is 58.6 cm³/mol. The maximum absolute atomic E-state index is 13.3. The van der Waals surface area contributed by atoms with Gasteiger partial charge in [-0.05, 0) is 53.9 Å². The first-order chi connectivity index (χ1) is 7.03. The maximum Gasteiger partial charge on any atom is 0.140 e. The first-order valence-electron chi connectivity index (χ1n) is 4.93. The molecule has 0 aliphatic carbocycles. The zero-order chi connectivity index (χ0) is 11.1. The fourth-order valence-electron chi connectivity index (χ4n) is 2.08. The van der Waals surface area contributed by atoms with Crippen molar-refractivity contribution in [2.24, 2.45) is 0 Å². The molecule has 15 heavy (non-hydrogen) atoms. The van der Waals surface area contributed by atoms with Gasteiger partial charge in [-0.2, -0.15) is 0 Å². The van der Waals surface area contributed by atoms with Crippen LogP contribution in [0.25, 0.3) is 0 Å². The van der Waals surface area contributed by atoms with E-state index in [-0.39, 0.29) is 5.54 Å². The molecule has 0 spiro atoms. The van der Waals surface area contributed by atoms with Crippen molar-refractivity contribution in [3.05, 3.63) is 33.8 Å². The normalized spacial score (nSPS) is 25.9. The third kappa shape index (κ3) is 1.93. The van der Waals surface area contributed by atoms with E-state index in [9.17, 15) is 8.78 Å². The Morgan fingerprint density at radius 3 is 2.73 bits per heavy atom. The summed E-state index contributed by atoms with van der Waals surface area (Å²) in [5.74, 6) is -1.07. The molecule has 4 heteroatoms. The highest BCUT2D eigenvalue weighted by Gasteiger charge is 2.33. The number of benzene rings is 1. The standard InChI is InChI=1S/C11H12BrF2N/c1-11(3-2-4-15-11)8-5-7(13)6-9(14)10(8)12/h5-6,15H,2-4H2,1H3. The lowest BCUT2D eigenvalue weighted by Gasteiger charge is -2.26. The average molecular weight is 276 g/mol. The number of hydrogen-bond donors (Lipinski definition) is 1.